The minimum atomic E-state index is -1.16. The fourth-order valence-electron chi connectivity index (χ4n) is 0.840. The Kier molecular flexibility index (Phi) is 3.17. The molecule has 0 heterocycles. The lowest BCUT2D eigenvalue weighted by Crippen LogP contribution is -2.05. The van der Waals surface area contributed by atoms with Crippen LogP contribution in [0.1, 0.15) is 6.92 Å². The first-order valence-electron chi connectivity index (χ1n) is 3.63. The molecular formula is C9H10O2S. The second-order valence-corrected chi connectivity index (χ2v) is 3.96. The van der Waals surface area contributed by atoms with Crippen molar-refractivity contribution < 1.29 is 9.00 Å². The molecule has 0 aromatic heterocycles. The van der Waals surface area contributed by atoms with Crippen molar-refractivity contribution >= 4 is 16.6 Å². The highest BCUT2D eigenvalue weighted by Gasteiger charge is 2.04. The number of ketones is 1. The summed E-state index contributed by atoms with van der Waals surface area (Å²) >= 11 is 0. The van der Waals surface area contributed by atoms with Gasteiger partial charge in [-0.1, -0.05) is 18.2 Å². The smallest absolute Gasteiger partial charge is 0.142 e. The van der Waals surface area contributed by atoms with Gasteiger partial charge in [-0.3, -0.25) is 9.00 Å². The van der Waals surface area contributed by atoms with Crippen molar-refractivity contribution in [2.45, 2.75) is 11.8 Å². The van der Waals surface area contributed by atoms with Crippen molar-refractivity contribution in [2.75, 3.05) is 5.75 Å². The SMILES string of the molecule is CC(=O)C[S@@](=O)c1ccccc1. The van der Waals surface area contributed by atoms with E-state index in [2.05, 4.69) is 0 Å². The lowest BCUT2D eigenvalue weighted by Gasteiger charge is -1.97. The van der Waals surface area contributed by atoms with E-state index in [4.69, 9.17) is 0 Å². The van der Waals surface area contributed by atoms with Gasteiger partial charge in [-0.25, -0.2) is 0 Å². The topological polar surface area (TPSA) is 34.1 Å². The molecule has 0 aliphatic heterocycles. The van der Waals surface area contributed by atoms with Gasteiger partial charge < -0.3 is 0 Å². The summed E-state index contributed by atoms with van der Waals surface area (Å²) in [6.45, 7) is 1.45. The van der Waals surface area contributed by atoms with Crippen LogP contribution in [0.25, 0.3) is 0 Å². The third-order valence-electron chi connectivity index (χ3n) is 1.34. The number of rotatable bonds is 3. The summed E-state index contributed by atoms with van der Waals surface area (Å²) < 4.78 is 11.3. The molecule has 0 bridgehead atoms. The molecular weight excluding hydrogens is 172 g/mol. The lowest BCUT2D eigenvalue weighted by molar-refractivity contribution is -0.114. The number of Topliss-reactive ketones (excluding diaryl/α,β-unsaturated/α-hetero) is 1. The first-order chi connectivity index (χ1) is 5.70. The second-order valence-electron chi connectivity index (χ2n) is 2.50. The van der Waals surface area contributed by atoms with Gasteiger partial charge in [0.05, 0.1) is 16.6 Å². The summed E-state index contributed by atoms with van der Waals surface area (Å²) in [7, 11) is -1.16. The summed E-state index contributed by atoms with van der Waals surface area (Å²) in [6.07, 6.45) is 0. The van der Waals surface area contributed by atoms with Gasteiger partial charge in [-0.15, -0.1) is 0 Å². The molecule has 0 fully saturated rings. The molecule has 0 radical (unpaired) electrons. The van der Waals surface area contributed by atoms with Crippen LogP contribution >= 0.6 is 0 Å². The molecule has 0 unspecified atom stereocenters. The van der Waals surface area contributed by atoms with Crippen molar-refractivity contribution in [3.8, 4) is 0 Å². The minimum absolute atomic E-state index is 0.0443. The molecule has 0 aliphatic rings. The molecule has 0 N–H and O–H groups in total. The Balaban J connectivity index is 2.73. The van der Waals surface area contributed by atoms with Crippen LogP contribution in [0.15, 0.2) is 35.2 Å². The van der Waals surface area contributed by atoms with E-state index in [1.54, 1.807) is 12.1 Å². The maximum absolute atomic E-state index is 11.3. The Bertz CT molecular complexity index is 293. The van der Waals surface area contributed by atoms with Crippen LogP contribution in [0.3, 0.4) is 0 Å². The van der Waals surface area contributed by atoms with Crippen molar-refractivity contribution in [3.63, 3.8) is 0 Å². The molecule has 1 aromatic rings. The van der Waals surface area contributed by atoms with Crippen molar-refractivity contribution in [3.05, 3.63) is 30.3 Å². The van der Waals surface area contributed by atoms with E-state index in [0.717, 1.165) is 0 Å². The van der Waals surface area contributed by atoms with Crippen molar-refractivity contribution in [1.29, 1.82) is 0 Å². The van der Waals surface area contributed by atoms with Crippen LogP contribution in [0.2, 0.25) is 0 Å². The van der Waals surface area contributed by atoms with Crippen LogP contribution in [0.5, 0.6) is 0 Å². The molecule has 0 saturated heterocycles. The van der Waals surface area contributed by atoms with Gasteiger partial charge in [0.25, 0.3) is 0 Å². The Labute approximate surface area is 74.1 Å². The van der Waals surface area contributed by atoms with Crippen LogP contribution in [-0.4, -0.2) is 15.7 Å². The normalized spacial score (nSPS) is 12.4. The Hall–Kier alpha value is -0.960. The number of hydrogen-bond acceptors (Lipinski definition) is 2. The largest absolute Gasteiger partial charge is 0.299 e. The van der Waals surface area contributed by atoms with E-state index < -0.39 is 10.8 Å². The Morgan fingerprint density at radius 2 is 1.92 bits per heavy atom. The third kappa shape index (κ3) is 2.58. The zero-order chi connectivity index (χ0) is 8.97. The first-order valence-corrected chi connectivity index (χ1v) is 4.95. The summed E-state index contributed by atoms with van der Waals surface area (Å²) in [6, 6.07) is 9.01. The highest BCUT2D eigenvalue weighted by Crippen LogP contribution is 2.04. The van der Waals surface area contributed by atoms with E-state index in [-0.39, 0.29) is 11.5 Å². The van der Waals surface area contributed by atoms with Gasteiger partial charge in [0.15, 0.2) is 0 Å². The van der Waals surface area contributed by atoms with Crippen LogP contribution < -0.4 is 0 Å². The van der Waals surface area contributed by atoms with Gasteiger partial charge in [0.2, 0.25) is 0 Å². The Morgan fingerprint density at radius 1 is 1.33 bits per heavy atom. The summed E-state index contributed by atoms with van der Waals surface area (Å²) in [4.78, 5) is 11.3. The van der Waals surface area contributed by atoms with Gasteiger partial charge >= 0.3 is 0 Å². The first kappa shape index (κ1) is 9.13. The molecule has 0 aliphatic carbocycles. The van der Waals surface area contributed by atoms with Gasteiger partial charge in [0.1, 0.15) is 5.78 Å². The molecule has 0 amide bonds. The Morgan fingerprint density at radius 3 is 2.42 bits per heavy atom. The van der Waals surface area contributed by atoms with Gasteiger partial charge in [-0.05, 0) is 19.1 Å². The average molecular weight is 182 g/mol. The second kappa shape index (κ2) is 4.16. The van der Waals surface area contributed by atoms with E-state index in [0.29, 0.717) is 4.90 Å². The highest BCUT2D eigenvalue weighted by atomic mass is 32.2. The fourth-order valence-corrected chi connectivity index (χ4v) is 1.84. The van der Waals surface area contributed by atoms with Crippen LogP contribution in [0.4, 0.5) is 0 Å². The van der Waals surface area contributed by atoms with E-state index in [1.807, 2.05) is 18.2 Å². The van der Waals surface area contributed by atoms with E-state index in [9.17, 15) is 9.00 Å². The predicted molar refractivity (Wildman–Crippen MR) is 48.4 cm³/mol. The van der Waals surface area contributed by atoms with Gasteiger partial charge in [-0.2, -0.15) is 0 Å². The molecule has 2 nitrogen and oxygen atoms in total. The van der Waals surface area contributed by atoms with Crippen LogP contribution in [0, 0.1) is 0 Å². The standard InChI is InChI=1S/C9H10O2S/c1-8(10)7-12(11)9-5-3-2-4-6-9/h2-6H,7H2,1H3/t12-/m1/s1. The number of carbonyl (C=O) groups is 1. The maximum Gasteiger partial charge on any atom is 0.142 e. The monoisotopic (exact) mass is 182 g/mol. The van der Waals surface area contributed by atoms with E-state index >= 15 is 0 Å². The fraction of sp³-hybridized carbons (Fsp3) is 0.222. The van der Waals surface area contributed by atoms with Crippen molar-refractivity contribution in [1.82, 2.24) is 0 Å². The molecule has 12 heavy (non-hydrogen) atoms. The molecule has 3 heteroatoms. The molecule has 1 atom stereocenters. The number of carbonyl (C=O) groups excluding carboxylic acids is 1. The average Bonchev–Trinajstić information content (AvgIpc) is 2.05. The minimum Gasteiger partial charge on any atom is -0.299 e. The summed E-state index contributed by atoms with van der Waals surface area (Å²) in [5.41, 5.74) is 0. The quantitative estimate of drug-likeness (QED) is 0.707. The van der Waals surface area contributed by atoms with E-state index in [1.165, 1.54) is 6.92 Å². The summed E-state index contributed by atoms with van der Waals surface area (Å²) in [5, 5.41) is 0. The zero-order valence-corrected chi connectivity index (χ0v) is 7.64. The maximum atomic E-state index is 11.3. The molecule has 0 saturated carbocycles. The van der Waals surface area contributed by atoms with Crippen molar-refractivity contribution in [2.24, 2.45) is 0 Å². The molecule has 1 aromatic carbocycles. The highest BCUT2D eigenvalue weighted by molar-refractivity contribution is 7.85. The zero-order valence-electron chi connectivity index (χ0n) is 6.82. The predicted octanol–water partition coefficient (Wildman–Crippen LogP) is 1.38. The summed E-state index contributed by atoms with van der Waals surface area (Å²) in [5.74, 6) is 0.0708. The van der Waals surface area contributed by atoms with Gasteiger partial charge in [0, 0.05) is 4.90 Å². The number of benzene rings is 1. The molecule has 64 valence electrons. The lowest BCUT2D eigenvalue weighted by atomic mass is 10.4. The van der Waals surface area contributed by atoms with Crippen LogP contribution in [-0.2, 0) is 15.6 Å². The third-order valence-corrected chi connectivity index (χ3v) is 2.81. The number of hydrogen-bond donors (Lipinski definition) is 0. The molecule has 1 rings (SSSR count). The molecule has 0 spiro atoms.